The zero-order chi connectivity index (χ0) is 14.5. The summed E-state index contributed by atoms with van der Waals surface area (Å²) in [7, 11) is 0. The maximum Gasteiger partial charge on any atom is 0.330 e. The van der Waals surface area contributed by atoms with Crippen LogP contribution in [0, 0.1) is 0 Å². The van der Waals surface area contributed by atoms with E-state index in [0.717, 1.165) is 25.7 Å². The molecular formula is C15H20N2O3. The maximum atomic E-state index is 11.1. The van der Waals surface area contributed by atoms with Crippen molar-refractivity contribution >= 4 is 17.3 Å². The van der Waals surface area contributed by atoms with Crippen LogP contribution in [0.1, 0.15) is 25.7 Å². The van der Waals surface area contributed by atoms with Crippen LogP contribution in [0.2, 0.25) is 0 Å². The Hall–Kier alpha value is -2.17. The van der Waals surface area contributed by atoms with Crippen LogP contribution in [0.15, 0.2) is 30.9 Å². The molecule has 4 N–H and O–H groups in total. The van der Waals surface area contributed by atoms with E-state index in [1.165, 1.54) is 6.08 Å². The van der Waals surface area contributed by atoms with Crippen LogP contribution in [-0.4, -0.2) is 18.2 Å². The van der Waals surface area contributed by atoms with Crippen molar-refractivity contribution in [1.29, 1.82) is 0 Å². The molecule has 0 saturated heterocycles. The van der Waals surface area contributed by atoms with Crippen molar-refractivity contribution < 1.29 is 14.3 Å². The number of nitrogen functional groups attached to an aromatic ring is 2. The third kappa shape index (κ3) is 3.66. The molecule has 1 aliphatic carbocycles. The van der Waals surface area contributed by atoms with E-state index in [-0.39, 0.29) is 18.2 Å². The van der Waals surface area contributed by atoms with Crippen LogP contribution in [0.25, 0.3) is 0 Å². The summed E-state index contributed by atoms with van der Waals surface area (Å²) in [6.07, 6.45) is 4.44. The molecule has 1 saturated carbocycles. The Morgan fingerprint density at radius 3 is 2.50 bits per heavy atom. The predicted molar refractivity (Wildman–Crippen MR) is 78.2 cm³/mol. The van der Waals surface area contributed by atoms with Crippen molar-refractivity contribution in [1.82, 2.24) is 0 Å². The average Bonchev–Trinajstić information content (AvgIpc) is 2.45. The van der Waals surface area contributed by atoms with E-state index in [1.807, 2.05) is 0 Å². The van der Waals surface area contributed by atoms with E-state index >= 15 is 0 Å². The van der Waals surface area contributed by atoms with Gasteiger partial charge in [0, 0.05) is 17.8 Å². The Morgan fingerprint density at radius 1 is 1.20 bits per heavy atom. The van der Waals surface area contributed by atoms with Crippen molar-refractivity contribution in [3.05, 3.63) is 30.9 Å². The lowest BCUT2D eigenvalue weighted by molar-refractivity contribution is -0.145. The third-order valence-electron chi connectivity index (χ3n) is 3.40. The Bertz CT molecular complexity index is 494. The van der Waals surface area contributed by atoms with E-state index in [0.29, 0.717) is 17.1 Å². The first-order valence-corrected chi connectivity index (χ1v) is 6.73. The number of hydrogen-bond donors (Lipinski definition) is 2. The second-order valence-electron chi connectivity index (χ2n) is 4.95. The molecule has 1 aliphatic rings. The molecule has 0 aromatic heterocycles. The van der Waals surface area contributed by atoms with Crippen LogP contribution in [-0.2, 0) is 9.53 Å². The fraction of sp³-hybridized carbons (Fsp3) is 0.400. The van der Waals surface area contributed by atoms with Gasteiger partial charge in [0.1, 0.15) is 11.9 Å². The molecule has 0 spiro atoms. The predicted octanol–water partition coefficient (Wildman–Crippen LogP) is 2.27. The van der Waals surface area contributed by atoms with Gasteiger partial charge in [0.2, 0.25) is 0 Å². The number of rotatable bonds is 4. The van der Waals surface area contributed by atoms with Crippen LogP contribution < -0.4 is 16.2 Å². The monoisotopic (exact) mass is 276 g/mol. The summed E-state index contributed by atoms with van der Waals surface area (Å²) in [6.45, 7) is 3.39. The molecule has 1 fully saturated rings. The van der Waals surface area contributed by atoms with Gasteiger partial charge in [-0.15, -0.1) is 0 Å². The third-order valence-corrected chi connectivity index (χ3v) is 3.40. The standard InChI is InChI=1S/C15H20N2O3/c1-2-15(18)20-12-6-4-11(5-7-12)19-14-9-10(16)3-8-13(14)17/h2-3,8-9,11-12H,1,4-7,16-17H2. The van der Waals surface area contributed by atoms with Gasteiger partial charge in [0.15, 0.2) is 0 Å². The van der Waals surface area contributed by atoms with Gasteiger partial charge in [0.05, 0.1) is 11.8 Å². The fourth-order valence-electron chi connectivity index (χ4n) is 2.31. The van der Waals surface area contributed by atoms with Gasteiger partial charge in [-0.2, -0.15) is 0 Å². The topological polar surface area (TPSA) is 87.6 Å². The molecule has 2 rings (SSSR count). The van der Waals surface area contributed by atoms with Gasteiger partial charge in [-0.05, 0) is 37.8 Å². The van der Waals surface area contributed by atoms with Crippen molar-refractivity contribution in [2.24, 2.45) is 0 Å². The van der Waals surface area contributed by atoms with Crippen molar-refractivity contribution in [2.75, 3.05) is 11.5 Å². The van der Waals surface area contributed by atoms with E-state index in [9.17, 15) is 4.79 Å². The minimum absolute atomic E-state index is 0.0430. The summed E-state index contributed by atoms with van der Waals surface area (Å²) in [4.78, 5) is 11.1. The fourth-order valence-corrected chi connectivity index (χ4v) is 2.31. The molecule has 5 nitrogen and oxygen atoms in total. The number of ether oxygens (including phenoxy) is 2. The van der Waals surface area contributed by atoms with Gasteiger partial charge in [-0.25, -0.2) is 4.79 Å². The molecule has 0 radical (unpaired) electrons. The molecule has 0 atom stereocenters. The lowest BCUT2D eigenvalue weighted by atomic mass is 9.95. The number of nitrogens with two attached hydrogens (primary N) is 2. The molecule has 0 amide bonds. The number of anilines is 2. The first kappa shape index (κ1) is 14.2. The van der Waals surface area contributed by atoms with Crippen molar-refractivity contribution in [3.8, 4) is 5.75 Å². The summed E-state index contributed by atoms with van der Waals surface area (Å²) in [5, 5.41) is 0. The highest BCUT2D eigenvalue weighted by molar-refractivity contribution is 5.81. The summed E-state index contributed by atoms with van der Waals surface area (Å²) < 4.78 is 11.1. The molecule has 5 heteroatoms. The first-order valence-electron chi connectivity index (χ1n) is 6.73. The Labute approximate surface area is 118 Å². The lowest BCUT2D eigenvalue weighted by Crippen LogP contribution is -2.29. The molecule has 0 aliphatic heterocycles. The highest BCUT2D eigenvalue weighted by atomic mass is 16.5. The Balaban J connectivity index is 1.86. The molecule has 0 unspecified atom stereocenters. The largest absolute Gasteiger partial charge is 0.488 e. The number of esters is 1. The minimum atomic E-state index is -0.366. The quantitative estimate of drug-likeness (QED) is 0.500. The first-order chi connectivity index (χ1) is 9.58. The number of carbonyl (C=O) groups excluding carboxylic acids is 1. The van der Waals surface area contributed by atoms with Crippen molar-refractivity contribution in [2.45, 2.75) is 37.9 Å². The minimum Gasteiger partial charge on any atom is -0.488 e. The van der Waals surface area contributed by atoms with Crippen LogP contribution in [0.5, 0.6) is 5.75 Å². The van der Waals surface area contributed by atoms with Gasteiger partial charge in [-0.3, -0.25) is 0 Å². The van der Waals surface area contributed by atoms with E-state index in [1.54, 1.807) is 18.2 Å². The zero-order valence-electron chi connectivity index (χ0n) is 11.4. The maximum absolute atomic E-state index is 11.1. The molecular weight excluding hydrogens is 256 g/mol. The second kappa shape index (κ2) is 6.32. The van der Waals surface area contributed by atoms with E-state index in [2.05, 4.69) is 6.58 Å². The van der Waals surface area contributed by atoms with Crippen LogP contribution in [0.3, 0.4) is 0 Å². The summed E-state index contributed by atoms with van der Waals surface area (Å²) >= 11 is 0. The molecule has 1 aromatic rings. The average molecular weight is 276 g/mol. The SMILES string of the molecule is C=CC(=O)OC1CCC(Oc2cc(N)ccc2N)CC1. The lowest BCUT2D eigenvalue weighted by Gasteiger charge is -2.28. The number of hydrogen-bond acceptors (Lipinski definition) is 5. The summed E-state index contributed by atoms with van der Waals surface area (Å²) in [5.74, 6) is 0.256. The second-order valence-corrected chi connectivity index (χ2v) is 4.95. The van der Waals surface area contributed by atoms with Gasteiger partial charge in [-0.1, -0.05) is 6.58 Å². The van der Waals surface area contributed by atoms with E-state index < -0.39 is 0 Å². The molecule has 1 aromatic carbocycles. The van der Waals surface area contributed by atoms with Crippen LogP contribution in [0.4, 0.5) is 11.4 Å². The molecule has 0 heterocycles. The number of carbonyl (C=O) groups is 1. The van der Waals surface area contributed by atoms with Gasteiger partial charge < -0.3 is 20.9 Å². The highest BCUT2D eigenvalue weighted by Crippen LogP contribution is 2.30. The normalized spacial score (nSPS) is 22.0. The molecule has 108 valence electrons. The highest BCUT2D eigenvalue weighted by Gasteiger charge is 2.24. The summed E-state index contributed by atoms with van der Waals surface area (Å²) in [6, 6.07) is 5.22. The Morgan fingerprint density at radius 2 is 1.85 bits per heavy atom. The smallest absolute Gasteiger partial charge is 0.330 e. The van der Waals surface area contributed by atoms with Crippen molar-refractivity contribution in [3.63, 3.8) is 0 Å². The molecule has 20 heavy (non-hydrogen) atoms. The van der Waals surface area contributed by atoms with Gasteiger partial charge in [0.25, 0.3) is 0 Å². The summed E-state index contributed by atoms with van der Waals surface area (Å²) in [5.41, 5.74) is 12.8. The Kier molecular flexibility index (Phi) is 4.50. The molecule has 0 bridgehead atoms. The van der Waals surface area contributed by atoms with Crippen LogP contribution >= 0.6 is 0 Å². The van der Waals surface area contributed by atoms with E-state index in [4.69, 9.17) is 20.9 Å². The number of benzene rings is 1. The van der Waals surface area contributed by atoms with Gasteiger partial charge >= 0.3 is 5.97 Å². The zero-order valence-corrected chi connectivity index (χ0v) is 11.4.